The third kappa shape index (κ3) is 6.81. The molecule has 0 aliphatic rings. The van der Waals surface area contributed by atoms with E-state index >= 15 is 0 Å². The van der Waals surface area contributed by atoms with Crippen molar-refractivity contribution in [2.45, 2.75) is 40.5 Å². The van der Waals surface area contributed by atoms with Gasteiger partial charge in [-0.3, -0.25) is 14.4 Å². The largest absolute Gasteiger partial charge is 0.355 e. The second-order valence-corrected chi connectivity index (χ2v) is 6.59. The number of para-hydroxylation sites is 1. The number of hydrogen-bond donors (Lipinski definition) is 3. The zero-order valence-electron chi connectivity index (χ0n) is 14.9. The zero-order chi connectivity index (χ0) is 18.2. The fourth-order valence-corrected chi connectivity index (χ4v) is 1.97. The van der Waals surface area contributed by atoms with Gasteiger partial charge in [-0.25, -0.2) is 0 Å². The normalized spacial score (nSPS) is 10.8. The maximum absolute atomic E-state index is 11.9. The molecular weight excluding hydrogens is 306 g/mol. The van der Waals surface area contributed by atoms with Gasteiger partial charge in [-0.15, -0.1) is 0 Å². The van der Waals surface area contributed by atoms with Gasteiger partial charge in [0.2, 0.25) is 17.7 Å². The molecule has 6 nitrogen and oxygen atoms in total. The molecule has 0 saturated carbocycles. The fraction of sp³-hybridized carbons (Fsp3) is 0.500. The van der Waals surface area contributed by atoms with Crippen LogP contribution in [0.2, 0.25) is 0 Å². The van der Waals surface area contributed by atoms with E-state index in [1.165, 1.54) is 0 Å². The smallest absolute Gasteiger partial charge is 0.243 e. The van der Waals surface area contributed by atoms with Crippen molar-refractivity contribution in [3.63, 3.8) is 0 Å². The van der Waals surface area contributed by atoms with Crippen LogP contribution in [0.15, 0.2) is 24.3 Å². The number of benzene rings is 1. The molecule has 0 saturated heterocycles. The van der Waals surface area contributed by atoms with Gasteiger partial charge in [-0.05, 0) is 18.1 Å². The second kappa shape index (κ2) is 9.05. The van der Waals surface area contributed by atoms with Crippen molar-refractivity contribution in [1.29, 1.82) is 0 Å². The molecular formula is C18H27N3O3. The minimum absolute atomic E-state index is 0.0932. The molecule has 132 valence electrons. The summed E-state index contributed by atoms with van der Waals surface area (Å²) in [6, 6.07) is 7.56. The van der Waals surface area contributed by atoms with Crippen molar-refractivity contribution in [2.24, 2.45) is 5.41 Å². The molecule has 1 aromatic rings. The average molecular weight is 333 g/mol. The molecule has 0 fully saturated rings. The molecule has 0 aliphatic heterocycles. The highest BCUT2D eigenvalue weighted by atomic mass is 16.2. The number of anilines is 1. The molecule has 0 bridgehead atoms. The Morgan fingerprint density at radius 2 is 1.67 bits per heavy atom. The van der Waals surface area contributed by atoms with Gasteiger partial charge in [-0.2, -0.15) is 0 Å². The predicted molar refractivity (Wildman–Crippen MR) is 94.5 cm³/mol. The van der Waals surface area contributed by atoms with Crippen LogP contribution in [0.25, 0.3) is 0 Å². The maximum Gasteiger partial charge on any atom is 0.243 e. The molecule has 24 heavy (non-hydrogen) atoms. The quantitative estimate of drug-likeness (QED) is 0.712. The lowest BCUT2D eigenvalue weighted by molar-refractivity contribution is -0.129. The number of aryl methyl sites for hydroxylation is 1. The molecule has 0 heterocycles. The Labute approximate surface area is 143 Å². The summed E-state index contributed by atoms with van der Waals surface area (Å²) in [6.07, 6.45) is 0.955. The Morgan fingerprint density at radius 1 is 1.00 bits per heavy atom. The van der Waals surface area contributed by atoms with Crippen molar-refractivity contribution >= 4 is 23.4 Å². The van der Waals surface area contributed by atoms with Gasteiger partial charge < -0.3 is 16.0 Å². The minimum atomic E-state index is -0.483. The van der Waals surface area contributed by atoms with Crippen molar-refractivity contribution in [3.8, 4) is 0 Å². The molecule has 0 aliphatic carbocycles. The Hall–Kier alpha value is -2.37. The van der Waals surface area contributed by atoms with E-state index < -0.39 is 5.41 Å². The van der Waals surface area contributed by atoms with Crippen LogP contribution < -0.4 is 16.0 Å². The summed E-state index contributed by atoms with van der Waals surface area (Å²) in [7, 11) is 0. The zero-order valence-corrected chi connectivity index (χ0v) is 14.9. The predicted octanol–water partition coefficient (Wildman–Crippen LogP) is 1.86. The van der Waals surface area contributed by atoms with Gasteiger partial charge in [-0.1, -0.05) is 45.9 Å². The Kier molecular flexibility index (Phi) is 7.42. The van der Waals surface area contributed by atoms with E-state index in [1.807, 2.05) is 31.2 Å². The summed E-state index contributed by atoms with van der Waals surface area (Å²) in [5.41, 5.74) is 1.32. The highest BCUT2D eigenvalue weighted by molar-refractivity contribution is 5.95. The van der Waals surface area contributed by atoms with Crippen molar-refractivity contribution in [2.75, 3.05) is 18.4 Å². The van der Waals surface area contributed by atoms with Crippen LogP contribution >= 0.6 is 0 Å². The van der Waals surface area contributed by atoms with Gasteiger partial charge in [0.25, 0.3) is 0 Å². The molecule has 1 aromatic carbocycles. The molecule has 3 N–H and O–H groups in total. The van der Waals surface area contributed by atoms with Crippen molar-refractivity contribution < 1.29 is 14.4 Å². The average Bonchev–Trinajstić information content (AvgIpc) is 2.52. The number of nitrogens with one attached hydrogen (secondary N) is 3. The number of hydrogen-bond acceptors (Lipinski definition) is 3. The van der Waals surface area contributed by atoms with Gasteiger partial charge >= 0.3 is 0 Å². The van der Waals surface area contributed by atoms with Crippen LogP contribution in [-0.4, -0.2) is 30.8 Å². The summed E-state index contributed by atoms with van der Waals surface area (Å²) in [5, 5.41) is 8.03. The van der Waals surface area contributed by atoms with Gasteiger partial charge in [0.15, 0.2) is 0 Å². The van der Waals surface area contributed by atoms with E-state index in [9.17, 15) is 14.4 Å². The lowest BCUT2D eigenvalue weighted by Crippen LogP contribution is -2.38. The lowest BCUT2D eigenvalue weighted by Gasteiger charge is -2.17. The van der Waals surface area contributed by atoms with Crippen LogP contribution in [0, 0.1) is 5.41 Å². The van der Waals surface area contributed by atoms with E-state index in [2.05, 4.69) is 16.0 Å². The van der Waals surface area contributed by atoms with E-state index in [0.717, 1.165) is 17.7 Å². The highest BCUT2D eigenvalue weighted by Crippen LogP contribution is 2.15. The van der Waals surface area contributed by atoms with Crippen LogP contribution in [0.4, 0.5) is 5.69 Å². The first kappa shape index (κ1) is 19.7. The number of carbonyl (C=O) groups excluding carboxylic acids is 3. The molecule has 0 unspecified atom stereocenters. The van der Waals surface area contributed by atoms with Crippen LogP contribution in [0.3, 0.4) is 0 Å². The summed E-state index contributed by atoms with van der Waals surface area (Å²) in [6.45, 7) is 7.59. The SMILES string of the molecule is CCc1ccccc1NC(=O)CNC(=O)CCNC(=O)C(C)(C)C. The summed E-state index contributed by atoms with van der Waals surface area (Å²) < 4.78 is 0. The van der Waals surface area contributed by atoms with Crippen LogP contribution in [0.1, 0.15) is 39.7 Å². The first-order chi connectivity index (χ1) is 11.2. The van der Waals surface area contributed by atoms with Gasteiger partial charge in [0.1, 0.15) is 0 Å². The number of carbonyl (C=O) groups is 3. The fourth-order valence-electron chi connectivity index (χ4n) is 1.97. The maximum atomic E-state index is 11.9. The minimum Gasteiger partial charge on any atom is -0.355 e. The Balaban J connectivity index is 2.31. The molecule has 0 atom stereocenters. The molecule has 3 amide bonds. The van der Waals surface area contributed by atoms with E-state index in [-0.39, 0.29) is 37.2 Å². The monoisotopic (exact) mass is 333 g/mol. The number of amides is 3. The first-order valence-corrected chi connectivity index (χ1v) is 8.16. The summed E-state index contributed by atoms with van der Waals surface area (Å²) in [4.78, 5) is 35.3. The lowest BCUT2D eigenvalue weighted by atomic mass is 9.96. The van der Waals surface area contributed by atoms with Crippen LogP contribution in [0.5, 0.6) is 0 Å². The highest BCUT2D eigenvalue weighted by Gasteiger charge is 2.20. The summed E-state index contributed by atoms with van der Waals surface area (Å²) >= 11 is 0. The third-order valence-electron chi connectivity index (χ3n) is 3.44. The number of rotatable bonds is 7. The van der Waals surface area contributed by atoms with E-state index in [4.69, 9.17) is 0 Å². The van der Waals surface area contributed by atoms with E-state index in [1.54, 1.807) is 20.8 Å². The topological polar surface area (TPSA) is 87.3 Å². The second-order valence-electron chi connectivity index (χ2n) is 6.59. The molecule has 0 radical (unpaired) electrons. The summed E-state index contributed by atoms with van der Waals surface area (Å²) in [5.74, 6) is -0.657. The van der Waals surface area contributed by atoms with Crippen LogP contribution in [-0.2, 0) is 20.8 Å². The van der Waals surface area contributed by atoms with Gasteiger partial charge in [0.05, 0.1) is 6.54 Å². The third-order valence-corrected chi connectivity index (χ3v) is 3.44. The molecule has 6 heteroatoms. The Morgan fingerprint density at radius 3 is 2.29 bits per heavy atom. The van der Waals surface area contributed by atoms with Crippen molar-refractivity contribution in [1.82, 2.24) is 10.6 Å². The molecule has 0 spiro atoms. The van der Waals surface area contributed by atoms with Crippen molar-refractivity contribution in [3.05, 3.63) is 29.8 Å². The first-order valence-electron chi connectivity index (χ1n) is 8.16. The van der Waals surface area contributed by atoms with E-state index in [0.29, 0.717) is 0 Å². The Bertz CT molecular complexity index is 591. The molecule has 1 rings (SSSR count). The molecule has 0 aromatic heterocycles. The van der Waals surface area contributed by atoms with Gasteiger partial charge in [0, 0.05) is 24.1 Å². The standard InChI is InChI=1S/C18H27N3O3/c1-5-13-8-6-7-9-14(13)21-16(23)12-20-15(22)10-11-19-17(24)18(2,3)4/h6-9H,5,10-12H2,1-4H3,(H,19,24)(H,20,22)(H,21,23).